The van der Waals surface area contributed by atoms with Crippen LogP contribution >= 0.6 is 0 Å². The summed E-state index contributed by atoms with van der Waals surface area (Å²) in [5, 5.41) is 8.18. The van der Waals surface area contributed by atoms with Crippen molar-refractivity contribution in [2.75, 3.05) is 6.61 Å². The lowest BCUT2D eigenvalue weighted by molar-refractivity contribution is -0.146. The van der Waals surface area contributed by atoms with E-state index in [1.165, 1.54) is 0 Å². The van der Waals surface area contributed by atoms with Crippen molar-refractivity contribution in [2.45, 2.75) is 41.0 Å². The zero-order chi connectivity index (χ0) is 16.3. The van der Waals surface area contributed by atoms with Crippen LogP contribution in [0.3, 0.4) is 0 Å². The normalized spacial score (nSPS) is 10.8. The number of hydrogen-bond donors (Lipinski definition) is 2. The van der Waals surface area contributed by atoms with E-state index in [4.69, 9.17) is 10.8 Å². The number of ether oxygens (including phenoxy) is 1. The Bertz CT molecular complexity index is 359. The fourth-order valence-corrected chi connectivity index (χ4v) is 0.868. The molecule has 0 spiro atoms. The first-order chi connectivity index (χ1) is 9.11. The lowest BCUT2D eigenvalue weighted by Gasteiger charge is -2.02. The summed E-state index contributed by atoms with van der Waals surface area (Å²) in [6.07, 6.45) is 0.927. The van der Waals surface area contributed by atoms with Gasteiger partial charge in [0.1, 0.15) is 12.2 Å². The van der Waals surface area contributed by atoms with E-state index in [0.29, 0.717) is 12.3 Å². The molecule has 0 aliphatic carbocycles. The number of carbonyl (C=O) groups is 3. The first-order valence-electron chi connectivity index (χ1n) is 6.50. The van der Waals surface area contributed by atoms with Gasteiger partial charge in [-0.1, -0.05) is 27.7 Å². The van der Waals surface area contributed by atoms with Crippen LogP contribution in [0.15, 0.2) is 11.8 Å². The van der Waals surface area contributed by atoms with Crippen LogP contribution in [0.1, 0.15) is 41.0 Å². The number of allylic oxidation sites excluding steroid dienone is 1. The van der Waals surface area contributed by atoms with Crippen LogP contribution in [-0.4, -0.2) is 29.4 Å². The van der Waals surface area contributed by atoms with E-state index in [1.54, 1.807) is 20.8 Å². The van der Waals surface area contributed by atoms with Gasteiger partial charge in [-0.15, -0.1) is 0 Å². The smallest absolute Gasteiger partial charge is 0.330 e. The van der Waals surface area contributed by atoms with Crippen LogP contribution in [0.25, 0.3) is 0 Å². The number of Topliss-reactive ketones (excluding diaryl/α,β-unsaturated/α-hetero) is 1. The average molecular weight is 287 g/mol. The largest absolute Gasteiger partial charge is 0.478 e. The molecule has 0 amide bonds. The molecule has 0 aliphatic heterocycles. The fourth-order valence-electron chi connectivity index (χ4n) is 0.868. The maximum atomic E-state index is 10.9. The van der Waals surface area contributed by atoms with Gasteiger partial charge in [-0.25, -0.2) is 4.79 Å². The molecule has 0 aromatic rings. The molecule has 3 N–H and O–H groups in total. The highest BCUT2D eigenvalue weighted by molar-refractivity contribution is 5.96. The second kappa shape index (κ2) is 11.0. The highest BCUT2D eigenvalue weighted by atomic mass is 16.5. The SMILES string of the molecule is CC(C)/C(N)=C\C(=O)O.CCOC(=O)CC(=O)C(C)C. The third-order valence-electron chi connectivity index (χ3n) is 2.22. The van der Waals surface area contributed by atoms with Gasteiger partial charge in [0, 0.05) is 17.7 Å². The number of carboxylic acids is 1. The van der Waals surface area contributed by atoms with E-state index in [2.05, 4.69) is 4.74 Å². The quantitative estimate of drug-likeness (QED) is 0.438. The highest BCUT2D eigenvalue weighted by Crippen LogP contribution is 2.00. The molecule has 0 rings (SSSR count). The number of rotatable bonds is 6. The molecule has 6 nitrogen and oxygen atoms in total. The lowest BCUT2D eigenvalue weighted by atomic mass is 10.1. The summed E-state index contributed by atoms with van der Waals surface area (Å²) in [6, 6.07) is 0. The summed E-state index contributed by atoms with van der Waals surface area (Å²) in [6.45, 7) is 9.27. The van der Waals surface area contributed by atoms with E-state index in [0.717, 1.165) is 6.08 Å². The maximum absolute atomic E-state index is 10.9. The minimum absolute atomic E-state index is 0.0662. The Morgan fingerprint density at radius 2 is 1.65 bits per heavy atom. The van der Waals surface area contributed by atoms with Gasteiger partial charge < -0.3 is 15.6 Å². The summed E-state index contributed by atoms with van der Waals surface area (Å²) < 4.78 is 4.60. The zero-order valence-electron chi connectivity index (χ0n) is 12.8. The minimum atomic E-state index is -0.985. The lowest BCUT2D eigenvalue weighted by Crippen LogP contribution is -2.15. The molecular weight excluding hydrogens is 262 g/mol. The Morgan fingerprint density at radius 1 is 1.15 bits per heavy atom. The van der Waals surface area contributed by atoms with Crippen molar-refractivity contribution in [2.24, 2.45) is 17.6 Å². The summed E-state index contributed by atoms with van der Waals surface area (Å²) in [5.74, 6) is -1.45. The number of ketones is 1. The molecule has 6 heteroatoms. The Morgan fingerprint density at radius 3 is 1.90 bits per heavy atom. The average Bonchev–Trinajstić information content (AvgIpc) is 2.28. The molecule has 0 radical (unpaired) electrons. The van der Waals surface area contributed by atoms with Gasteiger partial charge in [0.25, 0.3) is 0 Å². The van der Waals surface area contributed by atoms with Crippen molar-refractivity contribution in [3.63, 3.8) is 0 Å². The van der Waals surface area contributed by atoms with Crippen molar-refractivity contribution in [3.05, 3.63) is 11.8 Å². The summed E-state index contributed by atoms with van der Waals surface area (Å²) in [7, 11) is 0. The van der Waals surface area contributed by atoms with Crippen molar-refractivity contribution < 1.29 is 24.2 Å². The Labute approximate surface area is 120 Å². The number of hydrogen-bond acceptors (Lipinski definition) is 5. The predicted molar refractivity (Wildman–Crippen MR) is 75.8 cm³/mol. The molecule has 0 bridgehead atoms. The van der Waals surface area contributed by atoms with Crippen molar-refractivity contribution in [1.29, 1.82) is 0 Å². The molecule has 20 heavy (non-hydrogen) atoms. The van der Waals surface area contributed by atoms with Crippen molar-refractivity contribution >= 4 is 17.7 Å². The van der Waals surface area contributed by atoms with Crippen LogP contribution in [0, 0.1) is 11.8 Å². The number of esters is 1. The first-order valence-corrected chi connectivity index (χ1v) is 6.50. The topological polar surface area (TPSA) is 107 Å². The Kier molecular flexibility index (Phi) is 11.3. The molecule has 0 aromatic heterocycles. The molecule has 0 aliphatic rings. The molecule has 0 fully saturated rings. The Balaban J connectivity index is 0. The number of carbonyl (C=O) groups excluding carboxylic acids is 2. The van der Waals surface area contributed by atoms with Gasteiger partial charge in [0.05, 0.1) is 6.61 Å². The molecular formula is C14H25NO5. The van der Waals surface area contributed by atoms with Gasteiger partial charge in [-0.2, -0.15) is 0 Å². The van der Waals surface area contributed by atoms with E-state index in [-0.39, 0.29) is 24.0 Å². The summed E-state index contributed by atoms with van der Waals surface area (Å²) in [4.78, 5) is 31.6. The Hall–Kier alpha value is -1.85. The van der Waals surface area contributed by atoms with E-state index in [9.17, 15) is 14.4 Å². The van der Waals surface area contributed by atoms with Crippen LogP contribution < -0.4 is 5.73 Å². The minimum Gasteiger partial charge on any atom is -0.478 e. The molecule has 0 heterocycles. The first kappa shape index (κ1) is 20.5. The van der Waals surface area contributed by atoms with Crippen LogP contribution in [0.2, 0.25) is 0 Å². The molecule has 0 atom stereocenters. The van der Waals surface area contributed by atoms with E-state index in [1.807, 2.05) is 13.8 Å². The monoisotopic (exact) mass is 287 g/mol. The molecule has 0 saturated heterocycles. The summed E-state index contributed by atoms with van der Waals surface area (Å²) in [5.41, 5.74) is 5.70. The van der Waals surface area contributed by atoms with Gasteiger partial charge in [0.2, 0.25) is 0 Å². The molecule has 0 unspecified atom stereocenters. The fraction of sp³-hybridized carbons (Fsp3) is 0.643. The number of aliphatic carboxylic acids is 1. The highest BCUT2D eigenvalue weighted by Gasteiger charge is 2.12. The zero-order valence-corrected chi connectivity index (χ0v) is 12.8. The second-order valence-corrected chi connectivity index (χ2v) is 4.74. The predicted octanol–water partition coefficient (Wildman–Crippen LogP) is 1.73. The molecule has 116 valence electrons. The van der Waals surface area contributed by atoms with Crippen molar-refractivity contribution in [3.8, 4) is 0 Å². The van der Waals surface area contributed by atoms with Crippen LogP contribution in [0.4, 0.5) is 0 Å². The van der Waals surface area contributed by atoms with Gasteiger partial charge in [-0.3, -0.25) is 9.59 Å². The number of nitrogens with two attached hydrogens (primary N) is 1. The maximum Gasteiger partial charge on any atom is 0.330 e. The molecule has 0 aromatic carbocycles. The second-order valence-electron chi connectivity index (χ2n) is 4.74. The summed E-state index contributed by atoms with van der Waals surface area (Å²) >= 11 is 0. The van der Waals surface area contributed by atoms with Crippen LogP contribution in [0.5, 0.6) is 0 Å². The van der Waals surface area contributed by atoms with E-state index < -0.39 is 11.9 Å². The van der Waals surface area contributed by atoms with E-state index >= 15 is 0 Å². The standard InChI is InChI=1S/C8H14O3.C6H11NO2/c1-4-11-8(10)5-7(9)6(2)3;1-4(2)5(7)3-6(8)9/h6H,4-5H2,1-3H3;3-4H,7H2,1-2H3,(H,8,9)/b;5-3+. The number of carboxylic acid groups (broad SMARTS) is 1. The molecule has 0 saturated carbocycles. The van der Waals surface area contributed by atoms with Crippen molar-refractivity contribution in [1.82, 2.24) is 0 Å². The van der Waals surface area contributed by atoms with Gasteiger partial charge in [0.15, 0.2) is 0 Å². The van der Waals surface area contributed by atoms with Gasteiger partial charge in [-0.05, 0) is 12.8 Å². The third kappa shape index (κ3) is 12.6. The third-order valence-corrected chi connectivity index (χ3v) is 2.22. The van der Waals surface area contributed by atoms with Gasteiger partial charge >= 0.3 is 11.9 Å². The van der Waals surface area contributed by atoms with Crippen LogP contribution in [-0.2, 0) is 19.1 Å².